The molecule has 1 aromatic heterocycles. The zero-order chi connectivity index (χ0) is 25.6. The molecule has 1 saturated heterocycles. The van der Waals surface area contributed by atoms with Crippen LogP contribution in [0.2, 0.25) is 0 Å². The second-order valence-electron chi connectivity index (χ2n) is 8.02. The number of benzene rings is 1. The first-order valence-corrected chi connectivity index (χ1v) is 13.3. The van der Waals surface area contributed by atoms with E-state index in [1.54, 1.807) is 29.6 Å². The van der Waals surface area contributed by atoms with Crippen molar-refractivity contribution in [3.8, 4) is 0 Å². The maximum absolute atomic E-state index is 13.6. The number of carbonyl (C=O) groups excluding carboxylic acids is 2. The van der Waals surface area contributed by atoms with Crippen molar-refractivity contribution in [2.75, 3.05) is 19.6 Å². The van der Waals surface area contributed by atoms with Crippen LogP contribution in [-0.2, 0) is 19.6 Å². The quantitative estimate of drug-likeness (QED) is 0.434. The van der Waals surface area contributed by atoms with E-state index in [0.717, 1.165) is 26.1 Å². The third-order valence-electron chi connectivity index (χ3n) is 5.44. The van der Waals surface area contributed by atoms with Crippen LogP contribution in [0.5, 0.6) is 0 Å². The average molecular weight is 521 g/mol. The summed E-state index contributed by atoms with van der Waals surface area (Å²) in [6.45, 7) is 5.69. The number of rotatable bonds is 9. The topological polar surface area (TPSA) is 136 Å². The van der Waals surface area contributed by atoms with E-state index in [4.69, 9.17) is 0 Å². The van der Waals surface area contributed by atoms with Gasteiger partial charge in [0.1, 0.15) is 4.21 Å². The molecule has 3 amide bonds. The molecule has 2 heterocycles. The Kier molecular flexibility index (Phi) is 8.65. The Labute approximate surface area is 208 Å². The van der Waals surface area contributed by atoms with Crippen LogP contribution in [0.15, 0.2) is 58.6 Å². The van der Waals surface area contributed by atoms with Crippen LogP contribution in [0.4, 0.5) is 4.79 Å². The fourth-order valence-corrected chi connectivity index (χ4v) is 6.59. The lowest BCUT2D eigenvalue weighted by Gasteiger charge is -2.41. The van der Waals surface area contributed by atoms with Gasteiger partial charge in [-0.05, 0) is 30.4 Å². The second-order valence-corrected chi connectivity index (χ2v) is 11.1. The van der Waals surface area contributed by atoms with Crippen molar-refractivity contribution in [2.24, 2.45) is 0 Å². The normalized spacial score (nSPS) is 17.4. The molecule has 0 saturated carbocycles. The molecular weight excluding hydrogens is 492 g/mol. The number of carboxylic acids is 1. The summed E-state index contributed by atoms with van der Waals surface area (Å²) in [5, 5.41) is 16.3. The van der Waals surface area contributed by atoms with Gasteiger partial charge in [-0.3, -0.25) is 14.5 Å². The molecule has 188 valence electrons. The molecule has 1 aliphatic heterocycles. The van der Waals surface area contributed by atoms with Crippen LogP contribution in [-0.4, -0.2) is 66.4 Å². The molecule has 35 heavy (non-hydrogen) atoms. The smallest absolute Gasteiger partial charge is 0.319 e. The molecule has 3 rings (SSSR count). The summed E-state index contributed by atoms with van der Waals surface area (Å²) in [7, 11) is -4.10. The SMILES string of the molecule is C=CCNC(=O)N1CCCN(S(=O)(=O)c2cccs2)C1C(=O)NC(CC(=O)O)c1cccc(C)c1. The minimum Gasteiger partial charge on any atom is -0.481 e. The average Bonchev–Trinajstić information content (AvgIpc) is 3.37. The zero-order valence-corrected chi connectivity index (χ0v) is 20.8. The molecule has 2 atom stereocenters. The van der Waals surface area contributed by atoms with Gasteiger partial charge in [0.25, 0.3) is 15.9 Å². The Bertz CT molecular complexity index is 1180. The predicted octanol–water partition coefficient (Wildman–Crippen LogP) is 2.31. The number of sulfonamides is 1. The fourth-order valence-electron chi connectivity index (χ4n) is 3.88. The van der Waals surface area contributed by atoms with Gasteiger partial charge in [0.2, 0.25) is 0 Å². The number of carboxylic acid groups (broad SMARTS) is 1. The number of nitrogens with one attached hydrogen (secondary N) is 2. The summed E-state index contributed by atoms with van der Waals surface area (Å²) in [6, 6.07) is 8.50. The molecule has 1 fully saturated rings. The highest BCUT2D eigenvalue weighted by Gasteiger charge is 2.45. The van der Waals surface area contributed by atoms with E-state index < -0.39 is 46.6 Å². The summed E-state index contributed by atoms with van der Waals surface area (Å²) < 4.78 is 27.9. The Morgan fingerprint density at radius 1 is 1.26 bits per heavy atom. The Morgan fingerprint density at radius 2 is 2.03 bits per heavy atom. The van der Waals surface area contributed by atoms with Crippen molar-refractivity contribution >= 4 is 39.3 Å². The van der Waals surface area contributed by atoms with Gasteiger partial charge in [-0.15, -0.1) is 17.9 Å². The maximum atomic E-state index is 13.6. The van der Waals surface area contributed by atoms with Gasteiger partial charge in [-0.1, -0.05) is 42.0 Å². The van der Waals surface area contributed by atoms with Crippen LogP contribution < -0.4 is 10.6 Å². The number of thiophene rings is 1. The van der Waals surface area contributed by atoms with E-state index in [1.165, 1.54) is 12.1 Å². The minimum absolute atomic E-state index is 0.0254. The largest absolute Gasteiger partial charge is 0.481 e. The number of urea groups is 1. The molecule has 12 heteroatoms. The van der Waals surface area contributed by atoms with Crippen LogP contribution >= 0.6 is 11.3 Å². The monoisotopic (exact) mass is 520 g/mol. The Balaban J connectivity index is 1.99. The second kappa shape index (κ2) is 11.5. The molecule has 0 aliphatic carbocycles. The van der Waals surface area contributed by atoms with Gasteiger partial charge in [0, 0.05) is 19.6 Å². The van der Waals surface area contributed by atoms with Crippen molar-refractivity contribution in [3.63, 3.8) is 0 Å². The van der Waals surface area contributed by atoms with Crippen LogP contribution in [0.1, 0.15) is 30.0 Å². The van der Waals surface area contributed by atoms with Crippen molar-refractivity contribution in [1.82, 2.24) is 19.8 Å². The molecule has 3 N–H and O–H groups in total. The van der Waals surface area contributed by atoms with E-state index >= 15 is 0 Å². The van der Waals surface area contributed by atoms with Crippen molar-refractivity contribution in [2.45, 2.75) is 36.2 Å². The highest BCUT2D eigenvalue weighted by molar-refractivity contribution is 7.91. The van der Waals surface area contributed by atoms with E-state index in [-0.39, 0.29) is 23.8 Å². The summed E-state index contributed by atoms with van der Waals surface area (Å²) in [5.74, 6) is -1.92. The van der Waals surface area contributed by atoms with Gasteiger partial charge < -0.3 is 15.7 Å². The number of nitrogens with zero attached hydrogens (tertiary/aromatic N) is 2. The Morgan fingerprint density at radius 3 is 2.66 bits per heavy atom. The first-order valence-electron chi connectivity index (χ1n) is 10.9. The number of aliphatic carboxylic acids is 1. The lowest BCUT2D eigenvalue weighted by molar-refractivity contribution is -0.138. The van der Waals surface area contributed by atoms with Crippen LogP contribution in [0, 0.1) is 6.92 Å². The molecule has 0 radical (unpaired) electrons. The number of amides is 3. The van der Waals surface area contributed by atoms with Crippen molar-refractivity contribution in [1.29, 1.82) is 0 Å². The molecule has 2 aromatic rings. The van der Waals surface area contributed by atoms with Crippen molar-refractivity contribution < 1.29 is 27.9 Å². The van der Waals surface area contributed by atoms with E-state index in [0.29, 0.717) is 12.0 Å². The first-order chi connectivity index (χ1) is 16.6. The summed E-state index contributed by atoms with van der Waals surface area (Å²) in [6.07, 6.45) is -0.117. The molecular formula is C23H28N4O6S2. The first kappa shape index (κ1) is 26.4. The van der Waals surface area contributed by atoms with Gasteiger partial charge in [-0.2, -0.15) is 4.31 Å². The standard InChI is InChI=1S/C23H28N4O6S2/c1-3-10-24-23(31)26-11-6-12-27(35(32,33)20-9-5-13-34-20)22(26)21(30)25-18(15-19(28)29)17-8-4-7-16(2)14-17/h3-5,7-9,13-14,18,22H,1,6,10-12,15H2,2H3,(H,24,31)(H,25,30)(H,28,29). The van der Waals surface area contributed by atoms with Gasteiger partial charge >= 0.3 is 12.0 Å². The minimum atomic E-state index is -4.10. The van der Waals surface area contributed by atoms with Crippen LogP contribution in [0.25, 0.3) is 0 Å². The number of carbonyl (C=O) groups is 3. The third kappa shape index (κ3) is 6.27. The van der Waals surface area contributed by atoms with Gasteiger partial charge in [0.15, 0.2) is 6.17 Å². The van der Waals surface area contributed by atoms with Crippen LogP contribution in [0.3, 0.4) is 0 Å². The zero-order valence-electron chi connectivity index (χ0n) is 19.2. The lowest BCUT2D eigenvalue weighted by Crippen LogP contribution is -2.65. The number of hydrogen-bond acceptors (Lipinski definition) is 6. The van der Waals surface area contributed by atoms with E-state index in [2.05, 4.69) is 17.2 Å². The molecule has 0 spiro atoms. The predicted molar refractivity (Wildman–Crippen MR) is 131 cm³/mol. The summed E-state index contributed by atoms with van der Waals surface area (Å²) in [5.41, 5.74) is 1.43. The number of aryl methyl sites for hydroxylation is 1. The third-order valence-corrected chi connectivity index (χ3v) is 8.66. The summed E-state index contributed by atoms with van der Waals surface area (Å²) >= 11 is 1.01. The molecule has 2 unspecified atom stereocenters. The molecule has 1 aliphatic rings. The van der Waals surface area contributed by atoms with Gasteiger partial charge in [0.05, 0.1) is 12.5 Å². The lowest BCUT2D eigenvalue weighted by atomic mass is 10.0. The number of hydrogen-bond donors (Lipinski definition) is 3. The fraction of sp³-hybridized carbons (Fsp3) is 0.348. The van der Waals surface area contributed by atoms with Crippen molar-refractivity contribution in [3.05, 3.63) is 65.6 Å². The summed E-state index contributed by atoms with van der Waals surface area (Å²) in [4.78, 5) is 39.2. The highest BCUT2D eigenvalue weighted by Crippen LogP contribution is 2.28. The highest BCUT2D eigenvalue weighted by atomic mass is 32.2. The molecule has 1 aromatic carbocycles. The molecule has 10 nitrogen and oxygen atoms in total. The van der Waals surface area contributed by atoms with E-state index in [9.17, 15) is 27.9 Å². The maximum Gasteiger partial charge on any atom is 0.319 e. The van der Waals surface area contributed by atoms with E-state index in [1.807, 2.05) is 13.0 Å². The van der Waals surface area contributed by atoms with Gasteiger partial charge in [-0.25, -0.2) is 13.2 Å². The Hall–Kier alpha value is -3.22. The molecule has 0 bridgehead atoms.